The third-order valence-corrected chi connectivity index (χ3v) is 2.31. The van der Waals surface area contributed by atoms with Crippen LogP contribution in [0.1, 0.15) is 27.2 Å². The fraction of sp³-hybridized carbons (Fsp3) is 0.909. The van der Waals surface area contributed by atoms with Crippen molar-refractivity contribution >= 4 is 0 Å². The Hall–Kier alpha value is -0.590. The second-order valence-corrected chi connectivity index (χ2v) is 4.05. The molecule has 0 saturated carbocycles. The van der Waals surface area contributed by atoms with Gasteiger partial charge in [0, 0.05) is 13.1 Å². The van der Waals surface area contributed by atoms with E-state index in [0.29, 0.717) is 5.92 Å². The van der Waals surface area contributed by atoms with Crippen LogP contribution in [0.25, 0.3) is 0 Å². The number of hydrogen-bond donors (Lipinski definition) is 1. The van der Waals surface area contributed by atoms with Gasteiger partial charge in [0.15, 0.2) is 0 Å². The Morgan fingerprint density at radius 3 is 2.43 bits per heavy atom. The van der Waals surface area contributed by atoms with E-state index in [9.17, 15) is 0 Å². The summed E-state index contributed by atoms with van der Waals surface area (Å²) in [5.74, 6) is 0.699. The van der Waals surface area contributed by atoms with Crippen molar-refractivity contribution < 1.29 is 0 Å². The lowest BCUT2D eigenvalue weighted by molar-refractivity contribution is 0.248. The Labute approximate surface area is 88.1 Å². The Morgan fingerprint density at radius 2 is 2.07 bits per heavy atom. The molecule has 82 valence electrons. The molecule has 3 nitrogen and oxygen atoms in total. The van der Waals surface area contributed by atoms with Gasteiger partial charge in [-0.05, 0) is 25.9 Å². The summed E-state index contributed by atoms with van der Waals surface area (Å²) in [5.41, 5.74) is 0. The van der Waals surface area contributed by atoms with Gasteiger partial charge in [-0.3, -0.25) is 0 Å². The Morgan fingerprint density at radius 1 is 1.43 bits per heavy atom. The van der Waals surface area contributed by atoms with Gasteiger partial charge in [0.2, 0.25) is 0 Å². The highest BCUT2D eigenvalue weighted by Gasteiger charge is 2.08. The van der Waals surface area contributed by atoms with Crippen molar-refractivity contribution in [1.82, 2.24) is 10.2 Å². The molecule has 0 aromatic rings. The van der Waals surface area contributed by atoms with E-state index >= 15 is 0 Å². The molecule has 0 aliphatic carbocycles. The predicted octanol–water partition coefficient (Wildman–Crippen LogP) is 1.47. The van der Waals surface area contributed by atoms with Gasteiger partial charge >= 0.3 is 0 Å². The highest BCUT2D eigenvalue weighted by molar-refractivity contribution is 4.88. The second kappa shape index (κ2) is 7.78. The molecule has 0 amide bonds. The lowest BCUT2D eigenvalue weighted by atomic mass is 10.1. The normalized spacial score (nSPS) is 13.2. The highest BCUT2D eigenvalue weighted by atomic mass is 15.1. The molecule has 0 aromatic heterocycles. The van der Waals surface area contributed by atoms with Crippen LogP contribution >= 0.6 is 0 Å². The summed E-state index contributed by atoms with van der Waals surface area (Å²) in [6, 6.07) is 2.24. The number of nitrogens with zero attached hydrogens (tertiary/aromatic N) is 2. The fourth-order valence-corrected chi connectivity index (χ4v) is 1.48. The molecule has 0 aliphatic rings. The Balaban J connectivity index is 3.77. The van der Waals surface area contributed by atoms with E-state index in [0.717, 1.165) is 26.1 Å². The van der Waals surface area contributed by atoms with Crippen LogP contribution in [0.2, 0.25) is 0 Å². The molecule has 0 spiro atoms. The van der Waals surface area contributed by atoms with Crippen LogP contribution in [-0.4, -0.2) is 37.6 Å². The molecule has 1 unspecified atom stereocenters. The average molecular weight is 197 g/mol. The molecule has 0 heterocycles. The molecule has 0 fully saturated rings. The molecule has 0 radical (unpaired) electrons. The predicted molar refractivity (Wildman–Crippen MR) is 60.0 cm³/mol. The largest absolute Gasteiger partial charge is 0.305 e. The van der Waals surface area contributed by atoms with Gasteiger partial charge in [-0.25, -0.2) is 0 Å². The SMILES string of the molecule is CCN(CCC(C#N)NC)CC(C)C. The lowest BCUT2D eigenvalue weighted by Gasteiger charge is -2.23. The van der Waals surface area contributed by atoms with Crippen molar-refractivity contribution in [3.8, 4) is 6.07 Å². The first-order chi connectivity index (χ1) is 6.63. The minimum absolute atomic E-state index is 0.00351. The summed E-state index contributed by atoms with van der Waals surface area (Å²) in [5, 5.41) is 11.8. The van der Waals surface area contributed by atoms with Crippen molar-refractivity contribution in [2.24, 2.45) is 5.92 Å². The summed E-state index contributed by atoms with van der Waals surface area (Å²) < 4.78 is 0. The maximum absolute atomic E-state index is 8.76. The quantitative estimate of drug-likeness (QED) is 0.671. The van der Waals surface area contributed by atoms with Crippen molar-refractivity contribution in [1.29, 1.82) is 5.26 Å². The molecule has 0 saturated heterocycles. The summed E-state index contributed by atoms with van der Waals surface area (Å²) >= 11 is 0. The molecule has 14 heavy (non-hydrogen) atoms. The van der Waals surface area contributed by atoms with Crippen LogP contribution in [0.3, 0.4) is 0 Å². The molecule has 0 bridgehead atoms. The van der Waals surface area contributed by atoms with Crippen LogP contribution in [0.5, 0.6) is 0 Å². The van der Waals surface area contributed by atoms with Crippen molar-refractivity contribution in [3.63, 3.8) is 0 Å². The minimum atomic E-state index is -0.00351. The van der Waals surface area contributed by atoms with E-state index in [2.05, 4.69) is 37.1 Å². The number of nitrogens with one attached hydrogen (secondary N) is 1. The maximum Gasteiger partial charge on any atom is 0.0962 e. The van der Waals surface area contributed by atoms with Gasteiger partial charge < -0.3 is 10.2 Å². The minimum Gasteiger partial charge on any atom is -0.305 e. The Kier molecular flexibility index (Phi) is 7.45. The van der Waals surface area contributed by atoms with Crippen LogP contribution < -0.4 is 5.32 Å². The number of rotatable bonds is 7. The number of nitriles is 1. The third-order valence-electron chi connectivity index (χ3n) is 2.31. The average Bonchev–Trinajstić information content (AvgIpc) is 2.17. The monoisotopic (exact) mass is 197 g/mol. The van der Waals surface area contributed by atoms with E-state index in [1.807, 2.05) is 7.05 Å². The zero-order valence-corrected chi connectivity index (χ0v) is 9.88. The van der Waals surface area contributed by atoms with Gasteiger partial charge in [0.1, 0.15) is 0 Å². The standard InChI is InChI=1S/C11H23N3/c1-5-14(9-10(2)3)7-6-11(8-12)13-4/h10-11,13H,5-7,9H2,1-4H3. The topological polar surface area (TPSA) is 39.1 Å². The third kappa shape index (κ3) is 5.95. The second-order valence-electron chi connectivity index (χ2n) is 4.05. The van der Waals surface area contributed by atoms with Gasteiger partial charge in [-0.2, -0.15) is 5.26 Å². The molecule has 3 heteroatoms. The van der Waals surface area contributed by atoms with Crippen LogP contribution in [0.4, 0.5) is 0 Å². The maximum atomic E-state index is 8.76. The molecule has 1 atom stereocenters. The highest BCUT2D eigenvalue weighted by Crippen LogP contribution is 2.01. The van der Waals surface area contributed by atoms with E-state index in [4.69, 9.17) is 5.26 Å². The van der Waals surface area contributed by atoms with E-state index in [1.165, 1.54) is 0 Å². The first-order valence-corrected chi connectivity index (χ1v) is 5.43. The van der Waals surface area contributed by atoms with Crippen LogP contribution in [0, 0.1) is 17.2 Å². The summed E-state index contributed by atoms with van der Waals surface area (Å²) in [6.07, 6.45) is 0.910. The molecule has 0 rings (SSSR count). The van der Waals surface area contributed by atoms with Gasteiger partial charge in [0.25, 0.3) is 0 Å². The molecule has 1 N–H and O–H groups in total. The zero-order valence-electron chi connectivity index (χ0n) is 9.88. The number of hydrogen-bond acceptors (Lipinski definition) is 3. The first kappa shape index (κ1) is 13.4. The smallest absolute Gasteiger partial charge is 0.0962 e. The zero-order chi connectivity index (χ0) is 11.0. The molecule has 0 aliphatic heterocycles. The van der Waals surface area contributed by atoms with Gasteiger partial charge in [-0.1, -0.05) is 20.8 Å². The summed E-state index contributed by atoms with van der Waals surface area (Å²) in [6.45, 7) is 9.82. The van der Waals surface area contributed by atoms with E-state index in [1.54, 1.807) is 0 Å². The molecular weight excluding hydrogens is 174 g/mol. The van der Waals surface area contributed by atoms with Crippen molar-refractivity contribution in [3.05, 3.63) is 0 Å². The molecular formula is C11H23N3. The fourth-order valence-electron chi connectivity index (χ4n) is 1.48. The lowest BCUT2D eigenvalue weighted by Crippen LogP contribution is -2.33. The van der Waals surface area contributed by atoms with Gasteiger partial charge in [-0.15, -0.1) is 0 Å². The van der Waals surface area contributed by atoms with E-state index in [-0.39, 0.29) is 6.04 Å². The first-order valence-electron chi connectivity index (χ1n) is 5.43. The van der Waals surface area contributed by atoms with E-state index < -0.39 is 0 Å². The van der Waals surface area contributed by atoms with Crippen molar-refractivity contribution in [2.45, 2.75) is 33.2 Å². The van der Waals surface area contributed by atoms with Crippen LogP contribution in [-0.2, 0) is 0 Å². The van der Waals surface area contributed by atoms with Gasteiger partial charge in [0.05, 0.1) is 12.1 Å². The Bertz CT molecular complexity index is 172. The summed E-state index contributed by atoms with van der Waals surface area (Å²) in [4.78, 5) is 2.40. The van der Waals surface area contributed by atoms with Crippen molar-refractivity contribution in [2.75, 3.05) is 26.7 Å². The molecule has 0 aromatic carbocycles. The summed E-state index contributed by atoms with van der Waals surface area (Å²) in [7, 11) is 1.84. The van der Waals surface area contributed by atoms with Crippen LogP contribution in [0.15, 0.2) is 0 Å².